The molecule has 1 N–H and O–H groups in total. The van der Waals surface area contributed by atoms with Crippen LogP contribution in [0.5, 0.6) is 0 Å². The third-order valence-corrected chi connectivity index (χ3v) is 4.83. The highest BCUT2D eigenvalue weighted by molar-refractivity contribution is 7.99. The van der Waals surface area contributed by atoms with Gasteiger partial charge < -0.3 is 9.42 Å². The van der Waals surface area contributed by atoms with E-state index < -0.39 is 0 Å². The van der Waals surface area contributed by atoms with Crippen LogP contribution in [0.2, 0.25) is 0 Å². The van der Waals surface area contributed by atoms with Crippen molar-refractivity contribution in [2.75, 3.05) is 24.7 Å². The number of nitrogens with one attached hydrogen (secondary N) is 1. The Morgan fingerprint density at radius 2 is 2.50 bits per heavy atom. The molecule has 1 aromatic heterocycles. The summed E-state index contributed by atoms with van der Waals surface area (Å²) in [4.78, 5) is 18.7. The minimum Gasteiger partial charge on any atom is -0.341 e. The maximum Gasteiger partial charge on any atom is 0.240 e. The van der Waals surface area contributed by atoms with Crippen LogP contribution in [0.3, 0.4) is 0 Å². The Morgan fingerprint density at radius 1 is 1.60 bits per heavy atom. The van der Waals surface area contributed by atoms with Gasteiger partial charge in [0.1, 0.15) is 0 Å². The first kappa shape index (κ1) is 13.9. The zero-order valence-corrected chi connectivity index (χ0v) is 12.5. The van der Waals surface area contributed by atoms with Crippen LogP contribution in [-0.4, -0.2) is 51.7 Å². The molecule has 3 rings (SSSR count). The Labute approximate surface area is 122 Å². The lowest BCUT2D eigenvalue weighted by Crippen LogP contribution is -2.49. The molecule has 20 heavy (non-hydrogen) atoms. The quantitative estimate of drug-likeness (QED) is 0.890. The summed E-state index contributed by atoms with van der Waals surface area (Å²) in [6.45, 7) is 3.50. The molecule has 1 aromatic rings. The second kappa shape index (κ2) is 6.13. The van der Waals surface area contributed by atoms with Crippen LogP contribution in [0.4, 0.5) is 0 Å². The van der Waals surface area contributed by atoms with Gasteiger partial charge in [0.05, 0.1) is 6.04 Å². The van der Waals surface area contributed by atoms with Crippen LogP contribution in [0.25, 0.3) is 0 Å². The SMILES string of the molecule is Cc1nc(CC2CCCN(C(=O)[C@H]3CSCN3)C2)no1. The predicted octanol–water partition coefficient (Wildman–Crippen LogP) is 0.822. The summed E-state index contributed by atoms with van der Waals surface area (Å²) in [5, 5.41) is 7.21. The lowest BCUT2D eigenvalue weighted by atomic mass is 9.94. The highest BCUT2D eigenvalue weighted by Crippen LogP contribution is 2.22. The molecule has 0 radical (unpaired) electrons. The number of amides is 1. The van der Waals surface area contributed by atoms with Crippen LogP contribution >= 0.6 is 11.8 Å². The molecule has 0 spiro atoms. The number of hydrogen-bond donors (Lipinski definition) is 1. The Balaban J connectivity index is 1.57. The van der Waals surface area contributed by atoms with E-state index in [1.54, 1.807) is 18.7 Å². The van der Waals surface area contributed by atoms with Crippen molar-refractivity contribution in [1.82, 2.24) is 20.4 Å². The molecule has 2 saturated heterocycles. The second-order valence-corrected chi connectivity index (χ2v) is 6.53. The number of carbonyl (C=O) groups excluding carboxylic acids is 1. The molecule has 1 amide bonds. The monoisotopic (exact) mass is 296 g/mol. The van der Waals surface area contributed by atoms with Gasteiger partial charge >= 0.3 is 0 Å². The predicted molar refractivity (Wildman–Crippen MR) is 76.3 cm³/mol. The number of rotatable bonds is 3. The van der Waals surface area contributed by atoms with E-state index in [1.165, 1.54) is 0 Å². The number of hydrogen-bond acceptors (Lipinski definition) is 6. The summed E-state index contributed by atoms with van der Waals surface area (Å²) in [5.74, 6) is 3.84. The maximum atomic E-state index is 12.4. The van der Waals surface area contributed by atoms with E-state index in [2.05, 4.69) is 15.5 Å². The molecule has 110 valence electrons. The Bertz CT molecular complexity index is 473. The van der Waals surface area contributed by atoms with Crippen LogP contribution in [0.15, 0.2) is 4.52 Å². The van der Waals surface area contributed by atoms with Crippen molar-refractivity contribution in [1.29, 1.82) is 0 Å². The average Bonchev–Trinajstić information content (AvgIpc) is 3.10. The zero-order chi connectivity index (χ0) is 13.9. The van der Waals surface area contributed by atoms with E-state index in [0.29, 0.717) is 11.8 Å². The van der Waals surface area contributed by atoms with Crippen molar-refractivity contribution in [3.05, 3.63) is 11.7 Å². The Morgan fingerprint density at radius 3 is 3.20 bits per heavy atom. The molecule has 7 heteroatoms. The first-order valence-corrected chi connectivity index (χ1v) is 8.27. The lowest BCUT2D eigenvalue weighted by Gasteiger charge is -2.33. The van der Waals surface area contributed by atoms with Gasteiger partial charge in [-0.15, -0.1) is 11.8 Å². The number of aryl methyl sites for hydroxylation is 1. The van der Waals surface area contributed by atoms with E-state index >= 15 is 0 Å². The standard InChI is InChI=1S/C13H20N4O2S/c1-9-15-12(16-19-9)5-10-3-2-4-17(6-10)13(18)11-7-20-8-14-11/h10-11,14H,2-8H2,1H3/t10?,11-/m1/s1. The number of aromatic nitrogens is 2. The highest BCUT2D eigenvalue weighted by atomic mass is 32.2. The molecule has 0 saturated carbocycles. The van der Waals surface area contributed by atoms with Crippen molar-refractivity contribution >= 4 is 17.7 Å². The minimum absolute atomic E-state index is 0.00571. The number of piperidine rings is 1. The van der Waals surface area contributed by atoms with Crippen LogP contribution in [0.1, 0.15) is 24.6 Å². The Kier molecular flexibility index (Phi) is 4.26. The molecule has 2 fully saturated rings. The number of thioether (sulfide) groups is 1. The van der Waals surface area contributed by atoms with Gasteiger partial charge in [-0.05, 0) is 18.8 Å². The first-order valence-electron chi connectivity index (χ1n) is 7.11. The van der Waals surface area contributed by atoms with Crippen molar-refractivity contribution in [3.63, 3.8) is 0 Å². The van der Waals surface area contributed by atoms with E-state index in [1.807, 2.05) is 4.90 Å². The summed E-state index contributed by atoms with van der Waals surface area (Å²) in [5.41, 5.74) is 0. The van der Waals surface area contributed by atoms with Crippen molar-refractivity contribution in [2.45, 2.75) is 32.2 Å². The lowest BCUT2D eigenvalue weighted by molar-refractivity contribution is -0.134. The van der Waals surface area contributed by atoms with E-state index in [-0.39, 0.29) is 11.9 Å². The largest absolute Gasteiger partial charge is 0.341 e. The fourth-order valence-corrected chi connectivity index (χ4v) is 3.82. The zero-order valence-electron chi connectivity index (χ0n) is 11.7. The third-order valence-electron chi connectivity index (χ3n) is 3.89. The summed E-state index contributed by atoms with van der Waals surface area (Å²) in [6, 6.07) is 0.00571. The van der Waals surface area contributed by atoms with Crippen LogP contribution in [0, 0.1) is 12.8 Å². The summed E-state index contributed by atoms with van der Waals surface area (Å²) in [6.07, 6.45) is 2.99. The van der Waals surface area contributed by atoms with Gasteiger partial charge in [-0.2, -0.15) is 4.98 Å². The van der Waals surface area contributed by atoms with E-state index in [0.717, 1.165) is 49.8 Å². The highest BCUT2D eigenvalue weighted by Gasteiger charge is 2.31. The van der Waals surface area contributed by atoms with Crippen molar-refractivity contribution in [2.24, 2.45) is 5.92 Å². The fourth-order valence-electron chi connectivity index (χ4n) is 2.89. The van der Waals surface area contributed by atoms with Gasteiger partial charge in [0.25, 0.3) is 0 Å². The summed E-state index contributed by atoms with van der Waals surface area (Å²) < 4.78 is 5.01. The molecule has 2 aliphatic heterocycles. The normalized spacial score (nSPS) is 26.9. The van der Waals surface area contributed by atoms with E-state index in [4.69, 9.17) is 4.52 Å². The molecule has 2 aliphatic rings. The van der Waals surface area contributed by atoms with Crippen molar-refractivity contribution < 1.29 is 9.32 Å². The van der Waals surface area contributed by atoms with Gasteiger partial charge in [-0.25, -0.2) is 0 Å². The molecule has 2 atom stereocenters. The molecule has 0 aromatic carbocycles. The fraction of sp³-hybridized carbons (Fsp3) is 0.769. The molecule has 3 heterocycles. The van der Waals surface area contributed by atoms with E-state index in [9.17, 15) is 4.79 Å². The van der Waals surface area contributed by atoms with Crippen LogP contribution < -0.4 is 5.32 Å². The number of carbonyl (C=O) groups is 1. The molecular weight excluding hydrogens is 276 g/mol. The molecule has 6 nitrogen and oxygen atoms in total. The Hall–Kier alpha value is -1.08. The van der Waals surface area contributed by atoms with Gasteiger partial charge in [0.15, 0.2) is 5.82 Å². The molecule has 0 bridgehead atoms. The summed E-state index contributed by atoms with van der Waals surface area (Å²) in [7, 11) is 0. The number of nitrogens with zero attached hydrogens (tertiary/aromatic N) is 3. The second-order valence-electron chi connectivity index (χ2n) is 5.50. The number of likely N-dealkylation sites (tertiary alicyclic amines) is 1. The topological polar surface area (TPSA) is 71.3 Å². The van der Waals surface area contributed by atoms with Gasteiger partial charge in [-0.1, -0.05) is 5.16 Å². The first-order chi connectivity index (χ1) is 9.72. The third kappa shape index (κ3) is 3.15. The maximum absolute atomic E-state index is 12.4. The van der Waals surface area contributed by atoms with Crippen LogP contribution in [-0.2, 0) is 11.2 Å². The van der Waals surface area contributed by atoms with Crippen molar-refractivity contribution in [3.8, 4) is 0 Å². The molecule has 1 unspecified atom stereocenters. The minimum atomic E-state index is 0.00571. The smallest absolute Gasteiger partial charge is 0.240 e. The summed E-state index contributed by atoms with van der Waals surface area (Å²) >= 11 is 1.79. The average molecular weight is 296 g/mol. The van der Waals surface area contributed by atoms with Gasteiger partial charge in [0, 0.05) is 38.1 Å². The molecular formula is C13H20N4O2S. The van der Waals surface area contributed by atoms with Gasteiger partial charge in [0.2, 0.25) is 11.8 Å². The molecule has 0 aliphatic carbocycles. The van der Waals surface area contributed by atoms with Gasteiger partial charge in [-0.3, -0.25) is 10.1 Å².